The minimum Gasteiger partial charge on any atom is -0.458 e. The molecule has 0 aliphatic rings. The van der Waals surface area contributed by atoms with Crippen molar-refractivity contribution in [3.05, 3.63) is 23.7 Å². The third kappa shape index (κ3) is 2.41. The Kier molecular flexibility index (Phi) is 3.05. The standard InChI is InChI=1S/C9H12O5/c1-6(11)4-9(12,13)8-3-2-7(5-10)14-8/h2-3,10,12-13H,4-5H2,1H3. The second-order valence-electron chi connectivity index (χ2n) is 3.12. The zero-order valence-electron chi connectivity index (χ0n) is 7.73. The Morgan fingerprint density at radius 2 is 2.14 bits per heavy atom. The van der Waals surface area contributed by atoms with Crippen molar-refractivity contribution >= 4 is 5.78 Å². The molecule has 5 nitrogen and oxygen atoms in total. The number of rotatable bonds is 4. The molecule has 0 aliphatic heterocycles. The molecule has 0 spiro atoms. The minimum absolute atomic E-state index is 0.142. The van der Waals surface area contributed by atoms with Gasteiger partial charge in [-0.2, -0.15) is 0 Å². The van der Waals surface area contributed by atoms with Gasteiger partial charge in [-0.25, -0.2) is 0 Å². The van der Waals surface area contributed by atoms with Crippen LogP contribution in [0.25, 0.3) is 0 Å². The van der Waals surface area contributed by atoms with Gasteiger partial charge in [0.05, 0.1) is 6.42 Å². The maximum Gasteiger partial charge on any atom is 0.230 e. The number of hydrogen-bond acceptors (Lipinski definition) is 5. The van der Waals surface area contributed by atoms with Crippen LogP contribution in [0.5, 0.6) is 0 Å². The molecule has 0 bridgehead atoms. The predicted molar refractivity (Wildman–Crippen MR) is 46.0 cm³/mol. The van der Waals surface area contributed by atoms with Gasteiger partial charge in [0.25, 0.3) is 0 Å². The maximum atomic E-state index is 10.7. The van der Waals surface area contributed by atoms with E-state index in [4.69, 9.17) is 9.52 Å². The highest BCUT2D eigenvalue weighted by atomic mass is 16.5. The Bertz CT molecular complexity index is 326. The second kappa shape index (κ2) is 3.91. The summed E-state index contributed by atoms with van der Waals surface area (Å²) < 4.78 is 4.90. The van der Waals surface area contributed by atoms with Crippen molar-refractivity contribution in [1.29, 1.82) is 0 Å². The fraction of sp³-hybridized carbons (Fsp3) is 0.444. The summed E-state index contributed by atoms with van der Waals surface area (Å²) in [5.74, 6) is -2.58. The van der Waals surface area contributed by atoms with Crippen LogP contribution in [-0.4, -0.2) is 21.1 Å². The SMILES string of the molecule is CC(=O)CC(O)(O)c1ccc(CO)o1. The third-order valence-corrected chi connectivity index (χ3v) is 1.71. The Morgan fingerprint density at radius 1 is 1.50 bits per heavy atom. The summed E-state index contributed by atoms with van der Waals surface area (Å²) in [6, 6.07) is 2.73. The van der Waals surface area contributed by atoms with Crippen LogP contribution in [0, 0.1) is 0 Å². The molecular weight excluding hydrogens is 188 g/mol. The molecule has 0 fully saturated rings. The van der Waals surface area contributed by atoms with E-state index in [1.165, 1.54) is 19.1 Å². The highest BCUT2D eigenvalue weighted by Crippen LogP contribution is 2.24. The summed E-state index contributed by atoms with van der Waals surface area (Å²) in [6.07, 6.45) is -0.439. The Hall–Kier alpha value is -1.17. The monoisotopic (exact) mass is 200 g/mol. The van der Waals surface area contributed by atoms with Gasteiger partial charge in [0, 0.05) is 0 Å². The van der Waals surface area contributed by atoms with E-state index in [1.807, 2.05) is 0 Å². The number of carbonyl (C=O) groups is 1. The van der Waals surface area contributed by atoms with Crippen molar-refractivity contribution in [2.24, 2.45) is 0 Å². The molecule has 0 saturated carbocycles. The molecule has 0 aliphatic carbocycles. The van der Waals surface area contributed by atoms with E-state index < -0.39 is 12.2 Å². The molecule has 1 heterocycles. The van der Waals surface area contributed by atoms with Crippen LogP contribution in [0.3, 0.4) is 0 Å². The van der Waals surface area contributed by atoms with Crippen molar-refractivity contribution in [3.63, 3.8) is 0 Å². The van der Waals surface area contributed by atoms with Gasteiger partial charge in [0.2, 0.25) is 5.79 Å². The molecule has 0 atom stereocenters. The largest absolute Gasteiger partial charge is 0.458 e. The minimum atomic E-state index is -2.29. The fourth-order valence-corrected chi connectivity index (χ4v) is 1.11. The average molecular weight is 200 g/mol. The van der Waals surface area contributed by atoms with E-state index in [-0.39, 0.29) is 23.9 Å². The van der Waals surface area contributed by atoms with Crippen LogP contribution in [0.2, 0.25) is 0 Å². The number of aliphatic hydroxyl groups is 3. The summed E-state index contributed by atoms with van der Waals surface area (Å²) in [5, 5.41) is 27.5. The van der Waals surface area contributed by atoms with Gasteiger partial charge >= 0.3 is 0 Å². The fourth-order valence-electron chi connectivity index (χ4n) is 1.11. The second-order valence-corrected chi connectivity index (χ2v) is 3.12. The number of aliphatic hydroxyl groups excluding tert-OH is 1. The van der Waals surface area contributed by atoms with Crippen LogP contribution in [0.4, 0.5) is 0 Å². The number of furan rings is 1. The molecule has 1 aromatic rings. The van der Waals surface area contributed by atoms with Gasteiger partial charge in [0.15, 0.2) is 5.76 Å². The van der Waals surface area contributed by atoms with Gasteiger partial charge in [0.1, 0.15) is 18.2 Å². The quantitative estimate of drug-likeness (QED) is 0.590. The van der Waals surface area contributed by atoms with Gasteiger partial charge < -0.3 is 19.7 Å². The summed E-state index contributed by atoms with van der Waals surface area (Å²) >= 11 is 0. The van der Waals surface area contributed by atoms with Crippen molar-refractivity contribution in [2.45, 2.75) is 25.7 Å². The summed E-state index contributed by atoms with van der Waals surface area (Å²) in [4.78, 5) is 10.7. The predicted octanol–water partition coefficient (Wildman–Crippen LogP) is -0.112. The highest BCUT2D eigenvalue weighted by Gasteiger charge is 2.31. The van der Waals surface area contributed by atoms with Crippen molar-refractivity contribution in [2.75, 3.05) is 0 Å². The van der Waals surface area contributed by atoms with Crippen molar-refractivity contribution in [1.82, 2.24) is 0 Å². The molecule has 0 aromatic carbocycles. The van der Waals surface area contributed by atoms with Crippen LogP contribution in [-0.2, 0) is 17.2 Å². The van der Waals surface area contributed by atoms with Crippen LogP contribution in [0.15, 0.2) is 16.5 Å². The molecule has 0 amide bonds. The third-order valence-electron chi connectivity index (χ3n) is 1.71. The zero-order valence-corrected chi connectivity index (χ0v) is 7.73. The zero-order chi connectivity index (χ0) is 10.8. The summed E-state index contributed by atoms with van der Waals surface area (Å²) in [6.45, 7) is 0.924. The Labute approximate surface area is 80.6 Å². The van der Waals surface area contributed by atoms with Gasteiger partial charge in [-0.1, -0.05) is 0 Å². The molecular formula is C9H12O5. The van der Waals surface area contributed by atoms with Crippen molar-refractivity contribution in [3.8, 4) is 0 Å². The van der Waals surface area contributed by atoms with Gasteiger partial charge in [-0.05, 0) is 19.1 Å². The lowest BCUT2D eigenvalue weighted by Crippen LogP contribution is -2.27. The normalized spacial score (nSPS) is 11.7. The number of Topliss-reactive ketones (excluding diaryl/α,β-unsaturated/α-hetero) is 1. The Morgan fingerprint density at radius 3 is 2.57 bits per heavy atom. The van der Waals surface area contributed by atoms with E-state index in [9.17, 15) is 15.0 Å². The maximum absolute atomic E-state index is 10.7. The summed E-state index contributed by atoms with van der Waals surface area (Å²) in [7, 11) is 0. The lowest BCUT2D eigenvalue weighted by atomic mass is 10.1. The number of ketones is 1. The molecule has 14 heavy (non-hydrogen) atoms. The van der Waals surface area contributed by atoms with E-state index in [0.29, 0.717) is 0 Å². The molecule has 0 radical (unpaired) electrons. The smallest absolute Gasteiger partial charge is 0.230 e. The highest BCUT2D eigenvalue weighted by molar-refractivity contribution is 5.76. The van der Waals surface area contributed by atoms with Crippen LogP contribution in [0.1, 0.15) is 24.9 Å². The first-order valence-corrected chi connectivity index (χ1v) is 4.10. The van der Waals surface area contributed by atoms with E-state index in [1.54, 1.807) is 0 Å². The Balaban J connectivity index is 2.85. The van der Waals surface area contributed by atoms with Crippen molar-refractivity contribution < 1.29 is 24.5 Å². The van der Waals surface area contributed by atoms with Crippen LogP contribution < -0.4 is 0 Å². The van der Waals surface area contributed by atoms with Gasteiger partial charge in [-0.15, -0.1) is 0 Å². The topological polar surface area (TPSA) is 90.9 Å². The molecule has 0 unspecified atom stereocenters. The van der Waals surface area contributed by atoms with Gasteiger partial charge in [-0.3, -0.25) is 4.79 Å². The number of hydrogen-bond donors (Lipinski definition) is 3. The van der Waals surface area contributed by atoms with E-state index in [2.05, 4.69) is 0 Å². The molecule has 1 rings (SSSR count). The molecule has 1 aromatic heterocycles. The molecule has 3 N–H and O–H groups in total. The first kappa shape index (κ1) is 10.9. The summed E-state index contributed by atoms with van der Waals surface area (Å²) in [5.41, 5.74) is 0. The van der Waals surface area contributed by atoms with E-state index in [0.717, 1.165) is 0 Å². The van der Waals surface area contributed by atoms with Crippen LogP contribution >= 0.6 is 0 Å². The molecule has 0 saturated heterocycles. The first-order valence-electron chi connectivity index (χ1n) is 4.10. The molecule has 5 heteroatoms. The lowest BCUT2D eigenvalue weighted by Gasteiger charge is -2.16. The first-order chi connectivity index (χ1) is 6.45. The average Bonchev–Trinajstić information content (AvgIpc) is 2.49. The van der Waals surface area contributed by atoms with E-state index >= 15 is 0 Å². The lowest BCUT2D eigenvalue weighted by molar-refractivity contribution is -0.189. The number of carbonyl (C=O) groups excluding carboxylic acids is 1. The molecule has 78 valence electrons.